The van der Waals surface area contributed by atoms with Crippen molar-refractivity contribution in [2.75, 3.05) is 24.1 Å². The molecule has 0 bridgehead atoms. The van der Waals surface area contributed by atoms with Crippen LogP contribution in [0, 0.1) is 0 Å². The van der Waals surface area contributed by atoms with Crippen molar-refractivity contribution in [2.45, 2.75) is 50.4 Å². The molecule has 0 saturated carbocycles. The van der Waals surface area contributed by atoms with Crippen LogP contribution >= 0.6 is 0 Å². The second kappa shape index (κ2) is 8.04. The van der Waals surface area contributed by atoms with Crippen molar-refractivity contribution in [1.29, 1.82) is 0 Å². The second-order valence-corrected chi connectivity index (χ2v) is 8.83. The van der Waals surface area contributed by atoms with E-state index in [4.69, 9.17) is 9.47 Å². The van der Waals surface area contributed by atoms with Gasteiger partial charge >= 0.3 is 0 Å². The lowest BCUT2D eigenvalue weighted by molar-refractivity contribution is -0.142. The molecule has 3 N–H and O–H groups in total. The minimum absolute atomic E-state index is 0.0730. The van der Waals surface area contributed by atoms with Gasteiger partial charge in [0.1, 0.15) is 18.0 Å². The van der Waals surface area contributed by atoms with E-state index in [-0.39, 0.29) is 37.1 Å². The third-order valence-corrected chi connectivity index (χ3v) is 5.39. The first-order valence-electron chi connectivity index (χ1n) is 9.12. The molecule has 0 aliphatic carbocycles. The molecule has 150 valence electrons. The van der Waals surface area contributed by atoms with Gasteiger partial charge in [-0.1, -0.05) is 6.92 Å². The lowest BCUT2D eigenvalue weighted by Gasteiger charge is -2.37. The van der Waals surface area contributed by atoms with Crippen molar-refractivity contribution in [3.63, 3.8) is 0 Å². The molecule has 9 heteroatoms. The first kappa shape index (κ1) is 19.9. The number of nitrogens with one attached hydrogen (secondary N) is 2. The highest BCUT2D eigenvalue weighted by molar-refractivity contribution is 7.92. The summed E-state index contributed by atoms with van der Waals surface area (Å²) in [6.45, 7) is 2.39. The molecule has 0 radical (unpaired) electrons. The summed E-state index contributed by atoms with van der Waals surface area (Å²) in [5.74, 6) is 0.502. The van der Waals surface area contributed by atoms with E-state index >= 15 is 0 Å². The number of fused-ring (bicyclic) bond motifs is 3. The van der Waals surface area contributed by atoms with Gasteiger partial charge in [0.05, 0.1) is 25.4 Å². The number of anilines is 1. The lowest BCUT2D eigenvalue weighted by Crippen LogP contribution is -2.47. The fourth-order valence-corrected chi connectivity index (χ4v) is 4.27. The van der Waals surface area contributed by atoms with Crippen molar-refractivity contribution >= 4 is 21.6 Å². The van der Waals surface area contributed by atoms with Crippen molar-refractivity contribution in [3.8, 4) is 5.75 Å². The van der Waals surface area contributed by atoms with Gasteiger partial charge in [0, 0.05) is 23.7 Å². The average Bonchev–Trinajstić information content (AvgIpc) is 2.96. The summed E-state index contributed by atoms with van der Waals surface area (Å²) in [7, 11) is -3.38. The topological polar surface area (TPSA) is 114 Å². The van der Waals surface area contributed by atoms with Gasteiger partial charge in [0.15, 0.2) is 0 Å². The average molecular weight is 398 g/mol. The number of sulfonamides is 1. The third-order valence-electron chi connectivity index (χ3n) is 4.79. The van der Waals surface area contributed by atoms with Gasteiger partial charge < -0.3 is 19.9 Å². The van der Waals surface area contributed by atoms with E-state index in [1.54, 1.807) is 18.2 Å². The van der Waals surface area contributed by atoms with E-state index < -0.39 is 16.1 Å². The van der Waals surface area contributed by atoms with Crippen molar-refractivity contribution in [3.05, 3.63) is 23.8 Å². The Hall–Kier alpha value is -1.84. The standard InChI is InChI=1S/C18H26N2O6S/c1-3-6-19-17(22)9-12-8-14-13-7-11(20-27(2,23)24)4-5-15(13)26-18(14)16(10-21)25-12/h4-5,7,12,14,16,18,20-21H,3,6,8-10H2,1-2H3,(H,19,22)/t12-,14+,16-,18-/m1/s1. The van der Waals surface area contributed by atoms with Crippen LogP contribution < -0.4 is 14.8 Å². The molecule has 0 spiro atoms. The molecule has 2 aliphatic rings. The van der Waals surface area contributed by atoms with Gasteiger partial charge in [-0.2, -0.15) is 0 Å². The molecule has 0 aromatic heterocycles. The van der Waals surface area contributed by atoms with Crippen LogP contribution in [0.15, 0.2) is 18.2 Å². The highest BCUT2D eigenvalue weighted by Gasteiger charge is 2.46. The quantitative estimate of drug-likeness (QED) is 0.631. The number of aliphatic hydroxyl groups is 1. The van der Waals surface area contributed by atoms with E-state index in [9.17, 15) is 18.3 Å². The monoisotopic (exact) mass is 398 g/mol. The molecule has 8 nitrogen and oxygen atoms in total. The number of benzene rings is 1. The summed E-state index contributed by atoms with van der Waals surface area (Å²) in [5, 5.41) is 12.6. The summed E-state index contributed by atoms with van der Waals surface area (Å²) >= 11 is 0. The van der Waals surface area contributed by atoms with E-state index in [1.807, 2.05) is 6.92 Å². The number of hydrogen-bond donors (Lipinski definition) is 3. The van der Waals surface area contributed by atoms with Crippen molar-refractivity contribution < 1.29 is 27.8 Å². The van der Waals surface area contributed by atoms with Crippen LogP contribution in [0.2, 0.25) is 0 Å². The van der Waals surface area contributed by atoms with Crippen LogP contribution in [-0.4, -0.2) is 57.2 Å². The normalized spacial score (nSPS) is 26.6. The summed E-state index contributed by atoms with van der Waals surface area (Å²) in [6, 6.07) is 5.12. The van der Waals surface area contributed by atoms with Crippen LogP contribution in [0.1, 0.15) is 37.7 Å². The maximum atomic E-state index is 12.1. The minimum atomic E-state index is -3.38. The zero-order valence-electron chi connectivity index (χ0n) is 15.5. The molecule has 4 atom stereocenters. The smallest absolute Gasteiger partial charge is 0.229 e. The fraction of sp³-hybridized carbons (Fsp3) is 0.611. The van der Waals surface area contributed by atoms with Crippen molar-refractivity contribution in [1.82, 2.24) is 5.32 Å². The molecule has 1 amide bonds. The van der Waals surface area contributed by atoms with Crippen LogP contribution in [0.5, 0.6) is 5.75 Å². The molecular weight excluding hydrogens is 372 g/mol. The molecule has 1 aromatic rings. The molecule has 1 saturated heterocycles. The van der Waals surface area contributed by atoms with Gasteiger partial charge in [-0.15, -0.1) is 0 Å². The highest BCUT2D eigenvalue weighted by atomic mass is 32.2. The summed E-state index contributed by atoms with van der Waals surface area (Å²) in [6.07, 6.45) is 1.52. The Morgan fingerprint density at radius 2 is 2.15 bits per heavy atom. The van der Waals surface area contributed by atoms with Gasteiger partial charge in [0.2, 0.25) is 15.9 Å². The predicted molar refractivity (Wildman–Crippen MR) is 100 cm³/mol. The molecular formula is C18H26N2O6S. The van der Waals surface area contributed by atoms with Gasteiger partial charge in [-0.05, 0) is 31.0 Å². The zero-order chi connectivity index (χ0) is 19.6. The minimum Gasteiger partial charge on any atom is -0.487 e. The zero-order valence-corrected chi connectivity index (χ0v) is 16.3. The van der Waals surface area contributed by atoms with E-state index in [1.165, 1.54) is 0 Å². The van der Waals surface area contributed by atoms with Crippen LogP contribution in [0.3, 0.4) is 0 Å². The Morgan fingerprint density at radius 1 is 1.37 bits per heavy atom. The maximum absolute atomic E-state index is 12.1. The Morgan fingerprint density at radius 3 is 2.81 bits per heavy atom. The van der Waals surface area contributed by atoms with Crippen LogP contribution in [0.25, 0.3) is 0 Å². The van der Waals surface area contributed by atoms with E-state index in [0.717, 1.165) is 18.2 Å². The summed E-state index contributed by atoms with van der Waals surface area (Å²) in [4.78, 5) is 12.1. The second-order valence-electron chi connectivity index (χ2n) is 7.08. The maximum Gasteiger partial charge on any atom is 0.229 e. The number of rotatable bonds is 7. The van der Waals surface area contributed by atoms with Gasteiger partial charge in [-0.3, -0.25) is 9.52 Å². The summed E-state index contributed by atoms with van der Waals surface area (Å²) in [5.41, 5.74) is 1.33. The highest BCUT2D eigenvalue weighted by Crippen LogP contribution is 2.47. The Bertz CT molecular complexity index is 797. The third kappa shape index (κ3) is 4.72. The first-order chi connectivity index (χ1) is 12.8. The Labute approximate surface area is 159 Å². The first-order valence-corrected chi connectivity index (χ1v) is 11.0. The van der Waals surface area contributed by atoms with E-state index in [0.29, 0.717) is 24.4 Å². The number of hydrogen-bond acceptors (Lipinski definition) is 6. The predicted octanol–water partition coefficient (Wildman–Crippen LogP) is 0.969. The van der Waals surface area contributed by atoms with Crippen LogP contribution in [0.4, 0.5) is 5.69 Å². The molecule has 3 rings (SSSR count). The fourth-order valence-electron chi connectivity index (χ4n) is 3.71. The van der Waals surface area contributed by atoms with Gasteiger partial charge in [0.25, 0.3) is 0 Å². The number of carbonyl (C=O) groups excluding carboxylic acids is 1. The molecule has 2 heterocycles. The Kier molecular flexibility index (Phi) is 5.92. The Balaban J connectivity index is 1.79. The molecule has 27 heavy (non-hydrogen) atoms. The number of ether oxygens (including phenoxy) is 2. The van der Waals surface area contributed by atoms with E-state index in [2.05, 4.69) is 10.0 Å². The number of carbonyl (C=O) groups is 1. The molecule has 1 aromatic carbocycles. The molecule has 1 fully saturated rings. The number of amides is 1. The summed E-state index contributed by atoms with van der Waals surface area (Å²) < 4.78 is 37.3. The largest absolute Gasteiger partial charge is 0.487 e. The molecule has 0 unspecified atom stereocenters. The van der Waals surface area contributed by atoms with Crippen molar-refractivity contribution in [2.24, 2.45) is 0 Å². The van der Waals surface area contributed by atoms with Gasteiger partial charge in [-0.25, -0.2) is 8.42 Å². The number of aliphatic hydroxyl groups excluding tert-OH is 1. The lowest BCUT2D eigenvalue weighted by atomic mass is 9.84. The van der Waals surface area contributed by atoms with Crippen LogP contribution in [-0.2, 0) is 19.6 Å². The SMILES string of the molecule is CCCNC(=O)C[C@H]1C[C@H]2c3cc(NS(C)(=O)=O)ccc3O[C@H]2[C@@H](CO)O1. The molecule has 2 aliphatic heterocycles.